The predicted molar refractivity (Wildman–Crippen MR) is 164 cm³/mol. The molecule has 0 radical (unpaired) electrons. The van der Waals surface area contributed by atoms with Crippen molar-refractivity contribution in [2.75, 3.05) is 49.8 Å². The van der Waals surface area contributed by atoms with Crippen molar-refractivity contribution in [2.24, 2.45) is 0 Å². The van der Waals surface area contributed by atoms with Gasteiger partial charge in [0.2, 0.25) is 11.9 Å². The van der Waals surface area contributed by atoms with Crippen molar-refractivity contribution in [3.05, 3.63) is 108 Å². The number of aromatic nitrogens is 2. The third-order valence-electron chi connectivity index (χ3n) is 6.38. The lowest BCUT2D eigenvalue weighted by Gasteiger charge is -2.26. The van der Waals surface area contributed by atoms with E-state index in [0.717, 1.165) is 41.5 Å². The van der Waals surface area contributed by atoms with Crippen LogP contribution in [0.4, 0.5) is 23.0 Å². The second-order valence-electron chi connectivity index (χ2n) is 9.84. The lowest BCUT2D eigenvalue weighted by Crippen LogP contribution is -2.29. The zero-order chi connectivity index (χ0) is 29.2. The van der Waals surface area contributed by atoms with Crippen LogP contribution in [0.2, 0.25) is 0 Å². The van der Waals surface area contributed by atoms with Gasteiger partial charge in [-0.1, -0.05) is 36.9 Å². The van der Waals surface area contributed by atoms with Crippen LogP contribution in [0.25, 0.3) is 0 Å². The standard InChI is InChI=1S/C32H36N6O3/c1-5-31(40)35-29-21-28(24(22-39)20-30(29)38(4)18-17-37(2)3)36-32-33-16-15-25(34-32)19-23-11-13-27(14-12-23)41-26-9-7-6-8-10-26/h5-16,20-21,39H,1,17-19,22H2,2-4H3,(H,35,40)(H,33,34,36). The van der Waals surface area contributed by atoms with Gasteiger partial charge >= 0.3 is 0 Å². The Hall–Kier alpha value is -4.73. The number of rotatable bonds is 13. The fourth-order valence-electron chi connectivity index (χ4n) is 4.13. The van der Waals surface area contributed by atoms with E-state index in [2.05, 4.69) is 32.1 Å². The van der Waals surface area contributed by atoms with Crippen molar-refractivity contribution in [3.8, 4) is 11.5 Å². The topological polar surface area (TPSA) is 103 Å². The Morgan fingerprint density at radius 3 is 2.39 bits per heavy atom. The zero-order valence-corrected chi connectivity index (χ0v) is 23.7. The molecule has 9 heteroatoms. The minimum absolute atomic E-state index is 0.205. The Kier molecular flexibility index (Phi) is 10.0. The minimum atomic E-state index is -0.326. The molecular weight excluding hydrogens is 516 g/mol. The number of hydrogen-bond acceptors (Lipinski definition) is 8. The summed E-state index contributed by atoms with van der Waals surface area (Å²) < 4.78 is 5.89. The van der Waals surface area contributed by atoms with Gasteiger partial charge in [0.05, 0.1) is 23.7 Å². The van der Waals surface area contributed by atoms with Gasteiger partial charge < -0.3 is 30.3 Å². The van der Waals surface area contributed by atoms with Gasteiger partial charge in [0.15, 0.2) is 0 Å². The van der Waals surface area contributed by atoms with Gasteiger partial charge in [0.1, 0.15) is 11.5 Å². The molecule has 4 rings (SSSR count). The Balaban J connectivity index is 1.52. The summed E-state index contributed by atoms with van der Waals surface area (Å²) in [4.78, 5) is 25.4. The molecule has 41 heavy (non-hydrogen) atoms. The number of para-hydroxylation sites is 1. The number of nitrogens with zero attached hydrogens (tertiary/aromatic N) is 4. The predicted octanol–water partition coefficient (Wildman–Crippen LogP) is 5.22. The quantitative estimate of drug-likeness (QED) is 0.194. The molecule has 0 aliphatic rings. The summed E-state index contributed by atoms with van der Waals surface area (Å²) >= 11 is 0. The van der Waals surface area contributed by atoms with Gasteiger partial charge in [-0.15, -0.1) is 0 Å². The second kappa shape index (κ2) is 14.1. The van der Waals surface area contributed by atoms with Crippen LogP contribution < -0.4 is 20.3 Å². The lowest BCUT2D eigenvalue weighted by atomic mass is 10.1. The molecule has 0 fully saturated rings. The van der Waals surface area contributed by atoms with Crippen molar-refractivity contribution < 1.29 is 14.6 Å². The summed E-state index contributed by atoms with van der Waals surface area (Å²) in [7, 11) is 5.96. The normalized spacial score (nSPS) is 10.8. The lowest BCUT2D eigenvalue weighted by molar-refractivity contribution is -0.111. The number of benzene rings is 3. The van der Waals surface area contributed by atoms with E-state index in [1.165, 1.54) is 6.08 Å². The number of aliphatic hydroxyl groups excluding tert-OH is 1. The summed E-state index contributed by atoms with van der Waals surface area (Å²) in [6.45, 7) is 4.91. The number of carbonyl (C=O) groups is 1. The fourth-order valence-corrected chi connectivity index (χ4v) is 4.13. The van der Waals surface area contributed by atoms with Crippen LogP contribution in [0.3, 0.4) is 0 Å². The van der Waals surface area contributed by atoms with Gasteiger partial charge in [-0.3, -0.25) is 4.79 Å². The number of aliphatic hydroxyl groups is 1. The second-order valence-corrected chi connectivity index (χ2v) is 9.84. The highest BCUT2D eigenvalue weighted by atomic mass is 16.5. The smallest absolute Gasteiger partial charge is 0.247 e. The average Bonchev–Trinajstić information content (AvgIpc) is 2.97. The Morgan fingerprint density at radius 2 is 1.71 bits per heavy atom. The highest BCUT2D eigenvalue weighted by molar-refractivity contribution is 6.02. The van der Waals surface area contributed by atoms with Crippen LogP contribution in [0.15, 0.2) is 91.6 Å². The Bertz CT molecular complexity index is 1460. The zero-order valence-electron chi connectivity index (χ0n) is 23.7. The first-order chi connectivity index (χ1) is 19.8. The maximum atomic E-state index is 12.2. The van der Waals surface area contributed by atoms with Crippen molar-refractivity contribution in [1.82, 2.24) is 14.9 Å². The average molecular weight is 553 g/mol. The minimum Gasteiger partial charge on any atom is -0.457 e. The van der Waals surface area contributed by atoms with E-state index in [0.29, 0.717) is 29.3 Å². The maximum Gasteiger partial charge on any atom is 0.247 e. The van der Waals surface area contributed by atoms with Gasteiger partial charge in [-0.25, -0.2) is 9.97 Å². The first-order valence-corrected chi connectivity index (χ1v) is 13.3. The highest BCUT2D eigenvalue weighted by Gasteiger charge is 2.16. The molecule has 0 saturated heterocycles. The van der Waals surface area contributed by atoms with Crippen molar-refractivity contribution in [3.63, 3.8) is 0 Å². The molecule has 4 aromatic rings. The van der Waals surface area contributed by atoms with Gasteiger partial charge in [-0.05, 0) is 68.2 Å². The molecule has 1 amide bonds. The number of likely N-dealkylation sites (N-methyl/N-ethyl adjacent to an activating group) is 2. The number of ether oxygens (including phenoxy) is 1. The van der Waals surface area contributed by atoms with Crippen LogP contribution in [-0.4, -0.2) is 60.1 Å². The van der Waals surface area contributed by atoms with E-state index in [-0.39, 0.29) is 12.5 Å². The molecule has 0 aliphatic heterocycles. The third-order valence-corrected chi connectivity index (χ3v) is 6.38. The molecule has 212 valence electrons. The molecule has 0 bridgehead atoms. The third kappa shape index (κ3) is 8.38. The van der Waals surface area contributed by atoms with Crippen LogP contribution in [0, 0.1) is 0 Å². The number of amides is 1. The van der Waals surface area contributed by atoms with Crippen LogP contribution >= 0.6 is 0 Å². The van der Waals surface area contributed by atoms with E-state index in [1.807, 2.05) is 92.8 Å². The summed E-state index contributed by atoms with van der Waals surface area (Å²) in [5.74, 6) is 1.61. The molecular formula is C32H36N6O3. The number of anilines is 4. The number of nitrogens with one attached hydrogen (secondary N) is 2. The summed E-state index contributed by atoms with van der Waals surface area (Å²) in [5.41, 5.74) is 4.51. The first kappa shape index (κ1) is 29.3. The van der Waals surface area contributed by atoms with E-state index < -0.39 is 0 Å². The van der Waals surface area contributed by atoms with Crippen molar-refractivity contribution in [2.45, 2.75) is 13.0 Å². The number of carbonyl (C=O) groups excluding carboxylic acids is 1. The molecule has 0 unspecified atom stereocenters. The monoisotopic (exact) mass is 552 g/mol. The molecule has 0 saturated carbocycles. The summed E-state index contributed by atoms with van der Waals surface area (Å²) in [6.07, 6.45) is 3.52. The molecule has 9 nitrogen and oxygen atoms in total. The van der Waals surface area contributed by atoms with E-state index in [4.69, 9.17) is 4.74 Å². The largest absolute Gasteiger partial charge is 0.457 e. The molecule has 3 N–H and O–H groups in total. The van der Waals surface area contributed by atoms with Crippen LogP contribution in [-0.2, 0) is 17.8 Å². The molecule has 0 spiro atoms. The molecule has 1 aromatic heterocycles. The van der Waals surface area contributed by atoms with E-state index >= 15 is 0 Å². The molecule has 0 atom stereocenters. The summed E-state index contributed by atoms with van der Waals surface area (Å²) in [6, 6.07) is 23.1. The van der Waals surface area contributed by atoms with Gasteiger partial charge in [-0.2, -0.15) is 0 Å². The highest BCUT2D eigenvalue weighted by Crippen LogP contribution is 2.33. The fraction of sp³-hybridized carbons (Fsp3) is 0.219. The van der Waals surface area contributed by atoms with Crippen molar-refractivity contribution in [1.29, 1.82) is 0 Å². The van der Waals surface area contributed by atoms with Crippen LogP contribution in [0.1, 0.15) is 16.8 Å². The Morgan fingerprint density at radius 1 is 0.976 bits per heavy atom. The summed E-state index contributed by atoms with van der Waals surface area (Å²) in [5, 5.41) is 16.3. The first-order valence-electron chi connectivity index (χ1n) is 13.3. The van der Waals surface area contributed by atoms with Gasteiger partial charge in [0, 0.05) is 44.0 Å². The van der Waals surface area contributed by atoms with E-state index in [1.54, 1.807) is 12.3 Å². The molecule has 0 aliphatic carbocycles. The molecule has 3 aromatic carbocycles. The molecule has 1 heterocycles. The Labute approximate surface area is 241 Å². The van der Waals surface area contributed by atoms with Gasteiger partial charge in [0.25, 0.3) is 0 Å². The SMILES string of the molecule is C=CC(=O)Nc1cc(Nc2nccc(Cc3ccc(Oc4ccccc4)cc3)n2)c(CO)cc1N(C)CCN(C)C. The van der Waals surface area contributed by atoms with Crippen LogP contribution in [0.5, 0.6) is 11.5 Å². The van der Waals surface area contributed by atoms with Crippen molar-refractivity contribution >= 4 is 28.9 Å². The van der Waals surface area contributed by atoms with E-state index in [9.17, 15) is 9.90 Å². The number of hydrogen-bond donors (Lipinski definition) is 3. The maximum absolute atomic E-state index is 12.2.